The van der Waals surface area contributed by atoms with E-state index in [4.69, 9.17) is 17.0 Å². The molecule has 1 amide bonds. The molecule has 0 aliphatic carbocycles. The number of hydrogen-bond donors (Lipinski definition) is 1. The minimum absolute atomic E-state index is 0.0556. The molecule has 1 atom stereocenters. The Morgan fingerprint density at radius 3 is 2.79 bits per heavy atom. The highest BCUT2D eigenvalue weighted by Gasteiger charge is 2.31. The Kier molecular flexibility index (Phi) is 3.94. The Morgan fingerprint density at radius 2 is 2.21 bits per heavy atom. The number of thiocarbonyl (C=S) groups is 1. The molecule has 2 rings (SSSR count). The van der Waals surface area contributed by atoms with E-state index in [0.29, 0.717) is 5.11 Å². The summed E-state index contributed by atoms with van der Waals surface area (Å²) in [5.74, 6) is -1.64. The fourth-order valence-electron chi connectivity index (χ4n) is 1.71. The van der Waals surface area contributed by atoms with Crippen LogP contribution in [0.4, 0.5) is 8.78 Å². The maximum absolute atomic E-state index is 13.3. The molecule has 102 valence electrons. The molecule has 0 bridgehead atoms. The SMILES string of the molecule is C[C@@H]1NC(=S)N(CCOc2ccc(F)cc2F)C1=O. The van der Waals surface area contributed by atoms with Crippen LogP contribution in [-0.4, -0.2) is 35.1 Å². The third-order valence-electron chi connectivity index (χ3n) is 2.69. The van der Waals surface area contributed by atoms with Crippen LogP contribution < -0.4 is 10.1 Å². The summed E-state index contributed by atoms with van der Waals surface area (Å²) in [5, 5.41) is 3.15. The van der Waals surface area contributed by atoms with Crippen molar-refractivity contribution in [1.82, 2.24) is 10.2 Å². The van der Waals surface area contributed by atoms with Crippen molar-refractivity contribution >= 4 is 23.2 Å². The average Bonchev–Trinajstić information content (AvgIpc) is 2.58. The molecule has 1 aromatic rings. The maximum Gasteiger partial charge on any atom is 0.251 e. The molecule has 1 saturated heterocycles. The molecule has 7 heteroatoms. The molecule has 0 saturated carbocycles. The summed E-state index contributed by atoms with van der Waals surface area (Å²) in [6, 6.07) is 2.70. The summed E-state index contributed by atoms with van der Waals surface area (Å²) in [6.07, 6.45) is 0. The molecule has 1 aromatic carbocycles. The highest BCUT2D eigenvalue weighted by Crippen LogP contribution is 2.17. The lowest BCUT2D eigenvalue weighted by molar-refractivity contribution is -0.126. The number of rotatable bonds is 4. The van der Waals surface area contributed by atoms with Gasteiger partial charge in [-0.25, -0.2) is 8.78 Å². The van der Waals surface area contributed by atoms with Gasteiger partial charge in [-0.1, -0.05) is 0 Å². The lowest BCUT2D eigenvalue weighted by Crippen LogP contribution is -2.34. The summed E-state index contributed by atoms with van der Waals surface area (Å²) in [5.41, 5.74) is 0. The van der Waals surface area contributed by atoms with Crippen LogP contribution in [0.25, 0.3) is 0 Å². The molecule has 1 fully saturated rings. The van der Waals surface area contributed by atoms with Gasteiger partial charge in [0.1, 0.15) is 18.5 Å². The van der Waals surface area contributed by atoms with Crippen LogP contribution in [0, 0.1) is 11.6 Å². The van der Waals surface area contributed by atoms with E-state index in [1.165, 1.54) is 11.0 Å². The standard InChI is InChI=1S/C12H12F2N2O2S/c1-7-11(17)16(12(19)15-7)4-5-18-10-3-2-8(13)6-9(10)14/h2-3,6-7H,4-5H2,1H3,(H,15,19)/t7-/m0/s1. The first-order chi connectivity index (χ1) is 8.99. The molecule has 0 unspecified atom stereocenters. The topological polar surface area (TPSA) is 41.6 Å². The number of ether oxygens (including phenoxy) is 1. The monoisotopic (exact) mass is 286 g/mol. The van der Waals surface area contributed by atoms with Crippen LogP contribution in [0.15, 0.2) is 18.2 Å². The van der Waals surface area contributed by atoms with E-state index in [2.05, 4.69) is 5.32 Å². The van der Waals surface area contributed by atoms with Crippen LogP contribution in [0.3, 0.4) is 0 Å². The predicted octanol–water partition coefficient (Wildman–Crippen LogP) is 1.45. The fourth-order valence-corrected chi connectivity index (χ4v) is 2.07. The van der Waals surface area contributed by atoms with Gasteiger partial charge in [-0.05, 0) is 31.3 Å². The van der Waals surface area contributed by atoms with Gasteiger partial charge in [0.25, 0.3) is 5.91 Å². The second-order valence-corrected chi connectivity index (χ2v) is 4.47. The van der Waals surface area contributed by atoms with E-state index in [9.17, 15) is 13.6 Å². The summed E-state index contributed by atoms with van der Waals surface area (Å²) >= 11 is 4.98. The summed E-state index contributed by atoms with van der Waals surface area (Å²) in [6.45, 7) is 1.99. The van der Waals surface area contributed by atoms with E-state index in [0.717, 1.165) is 12.1 Å². The van der Waals surface area contributed by atoms with Gasteiger partial charge in [0.05, 0.1) is 6.54 Å². The van der Waals surface area contributed by atoms with Crippen LogP contribution in [0.5, 0.6) is 5.75 Å². The van der Waals surface area contributed by atoms with Crippen molar-refractivity contribution in [3.05, 3.63) is 29.8 Å². The number of carbonyl (C=O) groups excluding carboxylic acids is 1. The van der Waals surface area contributed by atoms with Gasteiger partial charge < -0.3 is 10.1 Å². The third-order valence-corrected chi connectivity index (χ3v) is 3.03. The second kappa shape index (κ2) is 5.48. The first-order valence-corrected chi connectivity index (χ1v) is 6.09. The fraction of sp³-hybridized carbons (Fsp3) is 0.333. The van der Waals surface area contributed by atoms with Crippen molar-refractivity contribution in [3.63, 3.8) is 0 Å². The lowest BCUT2D eigenvalue weighted by atomic mass is 10.3. The van der Waals surface area contributed by atoms with Gasteiger partial charge in [-0.3, -0.25) is 9.69 Å². The Hall–Kier alpha value is -1.76. The van der Waals surface area contributed by atoms with Crippen molar-refractivity contribution in [3.8, 4) is 5.75 Å². The van der Waals surface area contributed by atoms with Crippen LogP contribution in [0.1, 0.15) is 6.92 Å². The molecule has 0 radical (unpaired) electrons. The van der Waals surface area contributed by atoms with Crippen molar-refractivity contribution < 1.29 is 18.3 Å². The average molecular weight is 286 g/mol. The number of nitrogens with zero attached hydrogens (tertiary/aromatic N) is 1. The maximum atomic E-state index is 13.3. The van der Waals surface area contributed by atoms with E-state index in [1.807, 2.05) is 0 Å². The Balaban J connectivity index is 1.90. The van der Waals surface area contributed by atoms with Crippen LogP contribution in [0.2, 0.25) is 0 Å². The van der Waals surface area contributed by atoms with E-state index in [1.54, 1.807) is 6.92 Å². The molecule has 0 aromatic heterocycles. The van der Waals surface area contributed by atoms with E-state index in [-0.39, 0.29) is 30.9 Å². The number of amides is 1. The molecule has 0 spiro atoms. The summed E-state index contributed by atoms with van der Waals surface area (Å²) < 4.78 is 31.1. The van der Waals surface area contributed by atoms with Gasteiger partial charge in [-0.15, -0.1) is 0 Å². The highest BCUT2D eigenvalue weighted by molar-refractivity contribution is 7.80. The molecule has 4 nitrogen and oxygen atoms in total. The highest BCUT2D eigenvalue weighted by atomic mass is 32.1. The minimum atomic E-state index is -0.776. The van der Waals surface area contributed by atoms with Crippen molar-refractivity contribution in [2.75, 3.05) is 13.2 Å². The smallest absolute Gasteiger partial charge is 0.251 e. The van der Waals surface area contributed by atoms with Gasteiger partial charge >= 0.3 is 0 Å². The van der Waals surface area contributed by atoms with E-state index < -0.39 is 11.6 Å². The van der Waals surface area contributed by atoms with Crippen molar-refractivity contribution in [2.45, 2.75) is 13.0 Å². The van der Waals surface area contributed by atoms with Crippen LogP contribution in [-0.2, 0) is 4.79 Å². The van der Waals surface area contributed by atoms with Crippen molar-refractivity contribution in [2.24, 2.45) is 0 Å². The molecular weight excluding hydrogens is 274 g/mol. The predicted molar refractivity (Wildman–Crippen MR) is 68.8 cm³/mol. The lowest BCUT2D eigenvalue weighted by Gasteiger charge is -2.15. The third kappa shape index (κ3) is 2.98. The Morgan fingerprint density at radius 1 is 1.47 bits per heavy atom. The normalized spacial score (nSPS) is 18.7. The molecule has 1 aliphatic rings. The van der Waals surface area contributed by atoms with Crippen molar-refractivity contribution in [1.29, 1.82) is 0 Å². The largest absolute Gasteiger partial charge is 0.489 e. The number of nitrogens with one attached hydrogen (secondary N) is 1. The first kappa shape index (κ1) is 13.7. The Labute approximate surface area is 114 Å². The Bertz CT molecular complexity index is 524. The number of carbonyl (C=O) groups is 1. The van der Waals surface area contributed by atoms with Crippen LogP contribution >= 0.6 is 12.2 Å². The zero-order chi connectivity index (χ0) is 14.0. The van der Waals surface area contributed by atoms with Gasteiger partial charge in [0.2, 0.25) is 0 Å². The van der Waals surface area contributed by atoms with Gasteiger partial charge in [0, 0.05) is 6.07 Å². The summed E-state index contributed by atoms with van der Waals surface area (Å²) in [7, 11) is 0. The molecular formula is C12H12F2N2O2S. The summed E-state index contributed by atoms with van der Waals surface area (Å²) in [4.78, 5) is 13.0. The molecule has 1 N–H and O–H groups in total. The zero-order valence-electron chi connectivity index (χ0n) is 10.2. The van der Waals surface area contributed by atoms with E-state index >= 15 is 0 Å². The van der Waals surface area contributed by atoms with Gasteiger partial charge in [0.15, 0.2) is 16.7 Å². The number of benzene rings is 1. The zero-order valence-corrected chi connectivity index (χ0v) is 11.0. The molecule has 19 heavy (non-hydrogen) atoms. The second-order valence-electron chi connectivity index (χ2n) is 4.08. The minimum Gasteiger partial charge on any atom is -0.489 e. The number of halogens is 2. The molecule has 1 aliphatic heterocycles. The molecule has 1 heterocycles. The first-order valence-electron chi connectivity index (χ1n) is 5.69. The quantitative estimate of drug-likeness (QED) is 0.851. The number of hydrogen-bond acceptors (Lipinski definition) is 3. The van der Waals surface area contributed by atoms with Gasteiger partial charge in [-0.2, -0.15) is 0 Å².